The van der Waals surface area contributed by atoms with Crippen LogP contribution in [0, 0.1) is 5.41 Å². The van der Waals surface area contributed by atoms with Crippen LogP contribution < -0.4 is 9.47 Å². The summed E-state index contributed by atoms with van der Waals surface area (Å²) in [5.41, 5.74) is 0.292. The SMILES string of the molecule is COc1cc(OC)cc(C(=O)N2CCCC3(CCOCC3)C2C(=O)N2CCCCC2)c1. The second-order valence-corrected chi connectivity index (χ2v) is 8.97. The summed E-state index contributed by atoms with van der Waals surface area (Å²) in [5, 5.41) is 0. The lowest BCUT2D eigenvalue weighted by Crippen LogP contribution is -2.63. The van der Waals surface area contributed by atoms with E-state index in [9.17, 15) is 9.59 Å². The van der Waals surface area contributed by atoms with Gasteiger partial charge < -0.3 is 24.0 Å². The molecule has 0 bridgehead atoms. The number of ether oxygens (including phenoxy) is 3. The largest absolute Gasteiger partial charge is 0.497 e. The first-order valence-corrected chi connectivity index (χ1v) is 11.5. The van der Waals surface area contributed by atoms with Crippen molar-refractivity contribution < 1.29 is 23.8 Å². The zero-order valence-corrected chi connectivity index (χ0v) is 18.7. The molecule has 1 aromatic carbocycles. The van der Waals surface area contributed by atoms with Gasteiger partial charge >= 0.3 is 0 Å². The molecule has 1 atom stereocenters. The van der Waals surface area contributed by atoms with Crippen LogP contribution in [0.5, 0.6) is 11.5 Å². The van der Waals surface area contributed by atoms with Crippen molar-refractivity contribution in [2.24, 2.45) is 5.41 Å². The molecule has 1 unspecified atom stereocenters. The number of hydrogen-bond donors (Lipinski definition) is 0. The molecule has 0 aromatic heterocycles. The molecule has 7 nitrogen and oxygen atoms in total. The summed E-state index contributed by atoms with van der Waals surface area (Å²) < 4.78 is 16.4. The molecule has 1 spiro atoms. The van der Waals surface area contributed by atoms with Crippen LogP contribution in [0.25, 0.3) is 0 Å². The molecule has 0 saturated carbocycles. The van der Waals surface area contributed by atoms with E-state index >= 15 is 0 Å². The Morgan fingerprint density at radius 2 is 1.55 bits per heavy atom. The first-order chi connectivity index (χ1) is 15.1. The zero-order valence-electron chi connectivity index (χ0n) is 18.7. The van der Waals surface area contributed by atoms with Gasteiger partial charge in [-0.3, -0.25) is 9.59 Å². The Kier molecular flexibility index (Phi) is 6.70. The van der Waals surface area contributed by atoms with Crippen molar-refractivity contribution in [1.29, 1.82) is 0 Å². The van der Waals surface area contributed by atoms with E-state index in [1.165, 1.54) is 6.42 Å². The Balaban J connectivity index is 1.70. The first-order valence-electron chi connectivity index (χ1n) is 11.5. The van der Waals surface area contributed by atoms with E-state index in [4.69, 9.17) is 14.2 Å². The maximum Gasteiger partial charge on any atom is 0.254 e. The molecule has 3 aliphatic rings. The van der Waals surface area contributed by atoms with Gasteiger partial charge in [0.15, 0.2) is 0 Å². The Bertz CT molecular complexity index is 771. The van der Waals surface area contributed by atoms with Crippen LogP contribution in [0.3, 0.4) is 0 Å². The predicted molar refractivity (Wildman–Crippen MR) is 117 cm³/mol. The van der Waals surface area contributed by atoms with Crippen LogP contribution in [-0.4, -0.2) is 74.7 Å². The summed E-state index contributed by atoms with van der Waals surface area (Å²) in [4.78, 5) is 31.5. The molecule has 3 fully saturated rings. The van der Waals surface area contributed by atoms with Crippen molar-refractivity contribution in [3.05, 3.63) is 23.8 Å². The van der Waals surface area contributed by atoms with Gasteiger partial charge in [0.2, 0.25) is 5.91 Å². The van der Waals surface area contributed by atoms with E-state index in [1.54, 1.807) is 32.4 Å². The van der Waals surface area contributed by atoms with Gasteiger partial charge in [0, 0.05) is 49.9 Å². The molecule has 7 heteroatoms. The molecular formula is C24H34N2O5. The van der Waals surface area contributed by atoms with Crippen LogP contribution in [0.2, 0.25) is 0 Å². The maximum absolute atomic E-state index is 13.9. The fourth-order valence-corrected chi connectivity index (χ4v) is 5.50. The highest BCUT2D eigenvalue weighted by Crippen LogP contribution is 2.45. The molecule has 1 aromatic rings. The number of benzene rings is 1. The van der Waals surface area contributed by atoms with Gasteiger partial charge in [-0.25, -0.2) is 0 Å². The first kappa shape index (κ1) is 21.9. The molecule has 0 N–H and O–H groups in total. The third kappa shape index (κ3) is 4.38. The van der Waals surface area contributed by atoms with Crippen LogP contribution in [-0.2, 0) is 9.53 Å². The van der Waals surface area contributed by atoms with Gasteiger partial charge in [-0.1, -0.05) is 0 Å². The molecule has 31 heavy (non-hydrogen) atoms. The second kappa shape index (κ2) is 9.47. The molecule has 3 aliphatic heterocycles. The topological polar surface area (TPSA) is 68.3 Å². The third-order valence-corrected chi connectivity index (χ3v) is 7.21. The average Bonchev–Trinajstić information content (AvgIpc) is 2.83. The molecule has 0 aliphatic carbocycles. The van der Waals surface area contributed by atoms with Gasteiger partial charge in [-0.2, -0.15) is 0 Å². The molecule has 170 valence electrons. The fourth-order valence-electron chi connectivity index (χ4n) is 5.50. The van der Waals surface area contributed by atoms with E-state index in [2.05, 4.69) is 0 Å². The highest BCUT2D eigenvalue weighted by atomic mass is 16.5. The number of rotatable bonds is 4. The average molecular weight is 431 g/mol. The van der Waals surface area contributed by atoms with E-state index in [-0.39, 0.29) is 17.2 Å². The molecule has 2 amide bonds. The number of piperidine rings is 2. The van der Waals surface area contributed by atoms with Crippen LogP contribution in [0.1, 0.15) is 55.3 Å². The summed E-state index contributed by atoms with van der Waals surface area (Å²) in [6.07, 6.45) is 6.75. The summed E-state index contributed by atoms with van der Waals surface area (Å²) in [6.45, 7) is 3.47. The van der Waals surface area contributed by atoms with Crippen LogP contribution in [0.15, 0.2) is 18.2 Å². The Morgan fingerprint density at radius 3 is 2.16 bits per heavy atom. The molecule has 0 radical (unpaired) electrons. The number of methoxy groups -OCH3 is 2. The zero-order chi connectivity index (χ0) is 21.8. The van der Waals surface area contributed by atoms with Crippen molar-refractivity contribution in [1.82, 2.24) is 9.80 Å². The molecule has 3 heterocycles. The van der Waals surface area contributed by atoms with E-state index in [0.717, 1.165) is 51.6 Å². The minimum absolute atomic E-state index is 0.115. The predicted octanol–water partition coefficient (Wildman–Crippen LogP) is 3.12. The summed E-state index contributed by atoms with van der Waals surface area (Å²) in [6, 6.07) is 4.79. The van der Waals surface area contributed by atoms with Crippen molar-refractivity contribution in [2.75, 3.05) is 47.1 Å². The summed E-state index contributed by atoms with van der Waals surface area (Å²) >= 11 is 0. The summed E-state index contributed by atoms with van der Waals surface area (Å²) in [5.74, 6) is 1.13. The Labute approximate surface area is 184 Å². The second-order valence-electron chi connectivity index (χ2n) is 8.97. The van der Waals surface area contributed by atoms with Gasteiger partial charge in [-0.15, -0.1) is 0 Å². The van der Waals surface area contributed by atoms with Gasteiger partial charge in [0.1, 0.15) is 17.5 Å². The number of amides is 2. The minimum atomic E-state index is -0.437. The van der Waals surface area contributed by atoms with Crippen LogP contribution in [0.4, 0.5) is 0 Å². The molecule has 3 saturated heterocycles. The van der Waals surface area contributed by atoms with Crippen molar-refractivity contribution in [2.45, 2.75) is 51.0 Å². The maximum atomic E-state index is 13.9. The Morgan fingerprint density at radius 1 is 0.903 bits per heavy atom. The van der Waals surface area contributed by atoms with E-state index in [0.29, 0.717) is 36.8 Å². The molecular weight excluding hydrogens is 396 g/mol. The van der Waals surface area contributed by atoms with Crippen LogP contribution >= 0.6 is 0 Å². The minimum Gasteiger partial charge on any atom is -0.497 e. The number of carbonyl (C=O) groups is 2. The smallest absolute Gasteiger partial charge is 0.254 e. The molecule has 4 rings (SSSR count). The van der Waals surface area contributed by atoms with E-state index < -0.39 is 6.04 Å². The highest BCUT2D eigenvalue weighted by molar-refractivity contribution is 5.98. The number of nitrogens with zero attached hydrogens (tertiary/aromatic N) is 2. The number of hydrogen-bond acceptors (Lipinski definition) is 5. The lowest BCUT2D eigenvalue weighted by molar-refractivity contribution is -0.149. The number of carbonyl (C=O) groups excluding carboxylic acids is 2. The van der Waals surface area contributed by atoms with Crippen molar-refractivity contribution in [3.63, 3.8) is 0 Å². The van der Waals surface area contributed by atoms with Crippen molar-refractivity contribution in [3.8, 4) is 11.5 Å². The lowest BCUT2D eigenvalue weighted by Gasteiger charge is -2.52. The normalized spacial score (nSPS) is 23.5. The van der Waals surface area contributed by atoms with Gasteiger partial charge in [0.05, 0.1) is 14.2 Å². The Hall–Kier alpha value is -2.28. The highest BCUT2D eigenvalue weighted by Gasteiger charge is 2.51. The van der Waals surface area contributed by atoms with E-state index in [1.807, 2.05) is 9.80 Å². The quantitative estimate of drug-likeness (QED) is 0.734. The third-order valence-electron chi connectivity index (χ3n) is 7.21. The van der Waals surface area contributed by atoms with Crippen molar-refractivity contribution >= 4 is 11.8 Å². The standard InChI is InChI=1S/C24H34N2O5/c1-29-19-15-18(16-20(17-19)30-2)22(27)26-12-6-7-24(8-13-31-14-9-24)21(26)23(28)25-10-4-3-5-11-25/h15-17,21H,3-14H2,1-2H3. The summed E-state index contributed by atoms with van der Waals surface area (Å²) in [7, 11) is 3.15. The monoisotopic (exact) mass is 430 g/mol. The van der Waals surface area contributed by atoms with Gasteiger partial charge in [-0.05, 0) is 57.1 Å². The fraction of sp³-hybridized carbons (Fsp3) is 0.667. The lowest BCUT2D eigenvalue weighted by atomic mass is 9.67. The number of likely N-dealkylation sites (tertiary alicyclic amines) is 2. The van der Waals surface area contributed by atoms with Gasteiger partial charge in [0.25, 0.3) is 5.91 Å².